The first-order chi connectivity index (χ1) is 6.36. The second-order valence-corrected chi connectivity index (χ2v) is 2.93. The predicted molar refractivity (Wildman–Crippen MR) is 55.5 cm³/mol. The van der Waals surface area contributed by atoms with Crippen LogP contribution in [0.1, 0.15) is 12.6 Å². The highest BCUT2D eigenvalue weighted by molar-refractivity contribution is 5.79. The molecule has 2 rings (SSSR count). The number of hydrogen-bond acceptors (Lipinski definition) is 1. The average molecular weight is 172 g/mol. The third-order valence-corrected chi connectivity index (χ3v) is 2.21. The second-order valence-electron chi connectivity index (χ2n) is 2.93. The van der Waals surface area contributed by atoms with E-state index in [9.17, 15) is 0 Å². The molecule has 0 atom stereocenters. The Kier molecular flexibility index (Phi) is 1.89. The molecular formula is C11H12N2. The molecule has 13 heavy (non-hydrogen) atoms. The van der Waals surface area contributed by atoms with Crippen LogP contribution in [0.5, 0.6) is 0 Å². The molecule has 0 aliphatic carbocycles. The van der Waals surface area contributed by atoms with Gasteiger partial charge in [-0.3, -0.25) is 0 Å². The highest BCUT2D eigenvalue weighted by atomic mass is 15.0. The Morgan fingerprint density at radius 1 is 1.62 bits per heavy atom. The number of nitrogens with zero attached hydrogens (tertiary/aromatic N) is 2. The summed E-state index contributed by atoms with van der Waals surface area (Å²) in [6.45, 7) is 6.83. The van der Waals surface area contributed by atoms with Gasteiger partial charge in [-0.1, -0.05) is 6.58 Å². The van der Waals surface area contributed by atoms with Gasteiger partial charge in [0.2, 0.25) is 0 Å². The van der Waals surface area contributed by atoms with Gasteiger partial charge in [0.25, 0.3) is 0 Å². The molecule has 66 valence electrons. The first-order valence-electron chi connectivity index (χ1n) is 4.43. The zero-order valence-electron chi connectivity index (χ0n) is 7.70. The Hall–Kier alpha value is -1.57. The van der Waals surface area contributed by atoms with Crippen molar-refractivity contribution in [3.63, 3.8) is 0 Å². The first-order valence-corrected chi connectivity index (χ1v) is 4.43. The molecule has 0 spiro atoms. The van der Waals surface area contributed by atoms with Crippen LogP contribution in [0.15, 0.2) is 31.0 Å². The van der Waals surface area contributed by atoms with Crippen molar-refractivity contribution in [2.45, 2.75) is 13.5 Å². The van der Waals surface area contributed by atoms with Crippen molar-refractivity contribution in [3.8, 4) is 0 Å². The third kappa shape index (κ3) is 1.15. The minimum Gasteiger partial charge on any atom is -0.326 e. The molecule has 2 heteroatoms. The van der Waals surface area contributed by atoms with E-state index < -0.39 is 0 Å². The van der Waals surface area contributed by atoms with Gasteiger partial charge in [-0.05, 0) is 31.2 Å². The molecule has 2 aromatic rings. The van der Waals surface area contributed by atoms with Crippen molar-refractivity contribution in [1.82, 2.24) is 9.55 Å². The number of hydrogen-bond donors (Lipinski definition) is 0. The molecule has 0 radical (unpaired) electrons. The summed E-state index contributed by atoms with van der Waals surface area (Å²) in [5.74, 6) is 0. The highest BCUT2D eigenvalue weighted by Gasteiger charge is 2.03. The molecule has 0 fully saturated rings. The molecule has 0 saturated heterocycles. The van der Waals surface area contributed by atoms with E-state index in [1.165, 1.54) is 5.39 Å². The van der Waals surface area contributed by atoms with Crippen LogP contribution in [0.2, 0.25) is 0 Å². The van der Waals surface area contributed by atoms with Crippen LogP contribution in [0.25, 0.3) is 17.1 Å². The fourth-order valence-electron chi connectivity index (χ4n) is 1.61. The molecule has 0 saturated carbocycles. The topological polar surface area (TPSA) is 17.8 Å². The van der Waals surface area contributed by atoms with Gasteiger partial charge in [-0.25, -0.2) is 4.98 Å². The average Bonchev–Trinajstić information content (AvgIpc) is 2.55. The molecule has 2 heterocycles. The molecule has 0 unspecified atom stereocenters. The van der Waals surface area contributed by atoms with Crippen LogP contribution < -0.4 is 0 Å². The standard InChI is InChI=1S/C11H12N2/c1-3-10-8-9-6-5-7-12-11(9)13(10)4-2/h3,5-8H,1,4H2,2H3. The van der Waals surface area contributed by atoms with Crippen LogP contribution in [0.3, 0.4) is 0 Å². The lowest BCUT2D eigenvalue weighted by Crippen LogP contribution is -1.96. The van der Waals surface area contributed by atoms with E-state index in [0.717, 1.165) is 17.9 Å². The van der Waals surface area contributed by atoms with Crippen LogP contribution in [0, 0.1) is 0 Å². The van der Waals surface area contributed by atoms with E-state index in [4.69, 9.17) is 0 Å². The van der Waals surface area contributed by atoms with Gasteiger partial charge in [0.05, 0.1) is 0 Å². The number of fused-ring (bicyclic) bond motifs is 1. The Balaban J connectivity index is 2.81. The van der Waals surface area contributed by atoms with E-state index in [1.807, 2.05) is 18.3 Å². The molecular weight excluding hydrogens is 160 g/mol. The van der Waals surface area contributed by atoms with E-state index in [-0.39, 0.29) is 0 Å². The van der Waals surface area contributed by atoms with E-state index in [2.05, 4.69) is 35.2 Å². The van der Waals surface area contributed by atoms with Crippen molar-refractivity contribution in [1.29, 1.82) is 0 Å². The van der Waals surface area contributed by atoms with Crippen molar-refractivity contribution < 1.29 is 0 Å². The summed E-state index contributed by atoms with van der Waals surface area (Å²) in [5.41, 5.74) is 2.18. The minimum absolute atomic E-state index is 0.932. The number of rotatable bonds is 2. The molecule has 0 aliphatic rings. The molecule has 0 aromatic carbocycles. The van der Waals surface area contributed by atoms with Gasteiger partial charge in [0.15, 0.2) is 0 Å². The van der Waals surface area contributed by atoms with Crippen LogP contribution in [0.4, 0.5) is 0 Å². The highest BCUT2D eigenvalue weighted by Crippen LogP contribution is 2.17. The number of aryl methyl sites for hydroxylation is 1. The van der Waals surface area contributed by atoms with E-state index >= 15 is 0 Å². The summed E-state index contributed by atoms with van der Waals surface area (Å²) in [5, 5.41) is 1.18. The summed E-state index contributed by atoms with van der Waals surface area (Å²) in [6.07, 6.45) is 3.69. The first kappa shape index (κ1) is 8.05. The van der Waals surface area contributed by atoms with Gasteiger partial charge in [0, 0.05) is 23.8 Å². The van der Waals surface area contributed by atoms with Crippen molar-refractivity contribution >= 4 is 17.1 Å². The lowest BCUT2D eigenvalue weighted by atomic mass is 10.3. The SMILES string of the molecule is C=Cc1cc2cccnc2n1CC. The molecule has 2 aromatic heterocycles. The Morgan fingerprint density at radius 3 is 3.15 bits per heavy atom. The summed E-state index contributed by atoms with van der Waals surface area (Å²) in [4.78, 5) is 4.34. The molecule has 0 bridgehead atoms. The largest absolute Gasteiger partial charge is 0.326 e. The minimum atomic E-state index is 0.932. The monoisotopic (exact) mass is 172 g/mol. The van der Waals surface area contributed by atoms with Crippen LogP contribution in [-0.2, 0) is 6.54 Å². The molecule has 0 aliphatic heterocycles. The second kappa shape index (κ2) is 3.05. The quantitative estimate of drug-likeness (QED) is 0.681. The van der Waals surface area contributed by atoms with Gasteiger partial charge < -0.3 is 4.57 Å². The molecule has 2 nitrogen and oxygen atoms in total. The molecule has 0 amide bonds. The van der Waals surface area contributed by atoms with Crippen molar-refractivity contribution in [2.24, 2.45) is 0 Å². The maximum Gasteiger partial charge on any atom is 0.140 e. The van der Waals surface area contributed by atoms with Gasteiger partial charge in [-0.2, -0.15) is 0 Å². The summed E-state index contributed by atoms with van der Waals surface area (Å²) in [7, 11) is 0. The third-order valence-electron chi connectivity index (χ3n) is 2.21. The predicted octanol–water partition coefficient (Wildman–Crippen LogP) is 2.70. The number of aromatic nitrogens is 2. The fourth-order valence-corrected chi connectivity index (χ4v) is 1.61. The van der Waals surface area contributed by atoms with Crippen LogP contribution >= 0.6 is 0 Å². The number of pyridine rings is 1. The smallest absolute Gasteiger partial charge is 0.140 e. The van der Waals surface area contributed by atoms with Gasteiger partial charge in [-0.15, -0.1) is 0 Å². The van der Waals surface area contributed by atoms with Crippen molar-refractivity contribution in [2.75, 3.05) is 0 Å². The lowest BCUT2D eigenvalue weighted by molar-refractivity contribution is 0.780. The summed E-state index contributed by atoms with van der Waals surface area (Å²) < 4.78 is 2.16. The van der Waals surface area contributed by atoms with Gasteiger partial charge >= 0.3 is 0 Å². The zero-order chi connectivity index (χ0) is 9.26. The van der Waals surface area contributed by atoms with Crippen molar-refractivity contribution in [3.05, 3.63) is 36.7 Å². The Bertz CT molecular complexity index is 440. The van der Waals surface area contributed by atoms with E-state index in [1.54, 1.807) is 0 Å². The Morgan fingerprint density at radius 2 is 2.46 bits per heavy atom. The van der Waals surface area contributed by atoms with Gasteiger partial charge in [0.1, 0.15) is 5.65 Å². The lowest BCUT2D eigenvalue weighted by Gasteiger charge is -2.01. The Labute approximate surface area is 77.5 Å². The molecule has 0 N–H and O–H groups in total. The maximum absolute atomic E-state index is 4.34. The summed E-state index contributed by atoms with van der Waals surface area (Å²) in [6, 6.07) is 6.13. The van der Waals surface area contributed by atoms with Crippen LogP contribution in [-0.4, -0.2) is 9.55 Å². The normalized spacial score (nSPS) is 10.5. The fraction of sp³-hybridized carbons (Fsp3) is 0.182. The van der Waals surface area contributed by atoms with E-state index in [0.29, 0.717) is 0 Å². The summed E-state index contributed by atoms with van der Waals surface area (Å²) >= 11 is 0. The maximum atomic E-state index is 4.34. The zero-order valence-corrected chi connectivity index (χ0v) is 7.70.